The van der Waals surface area contributed by atoms with Crippen LogP contribution in [-0.2, 0) is 0 Å². The summed E-state index contributed by atoms with van der Waals surface area (Å²) in [5.74, 6) is 2.48. The second kappa shape index (κ2) is 10.2. The van der Waals surface area contributed by atoms with Gasteiger partial charge in [-0.15, -0.1) is 5.10 Å². The van der Waals surface area contributed by atoms with E-state index in [1.807, 2.05) is 25.2 Å². The number of fused-ring (bicyclic) bond motifs is 1. The Kier molecular flexibility index (Phi) is 6.64. The number of nitrogen functional groups attached to an aromatic ring is 1. The molecule has 0 unspecified atom stereocenters. The maximum atomic E-state index is 8.88. The van der Waals surface area contributed by atoms with Crippen molar-refractivity contribution in [2.24, 2.45) is 0 Å². The molecule has 0 bridgehead atoms. The van der Waals surface area contributed by atoms with Crippen LogP contribution in [0.4, 0.5) is 17.5 Å². The second-order valence-electron chi connectivity index (χ2n) is 8.33. The lowest BCUT2D eigenvalue weighted by molar-refractivity contribution is 0.201. The summed E-state index contributed by atoms with van der Waals surface area (Å²) in [5, 5.41) is 13.2. The van der Waals surface area contributed by atoms with Crippen molar-refractivity contribution in [3.63, 3.8) is 0 Å². The molecule has 0 amide bonds. The van der Waals surface area contributed by atoms with Crippen molar-refractivity contribution in [2.75, 3.05) is 75.1 Å². The molecule has 4 aromatic rings. The predicted octanol–water partition coefficient (Wildman–Crippen LogP) is 0.991. The number of anilines is 3. The predicted molar refractivity (Wildman–Crippen MR) is 132 cm³/mol. The van der Waals surface area contributed by atoms with Crippen molar-refractivity contribution in [3.05, 3.63) is 42.8 Å². The van der Waals surface area contributed by atoms with Gasteiger partial charge < -0.3 is 29.8 Å². The third kappa shape index (κ3) is 5.12. The maximum Gasteiger partial charge on any atom is 0.266 e. The largest absolute Gasteiger partial charge is 0.491 e. The van der Waals surface area contributed by atoms with Crippen molar-refractivity contribution in [1.82, 2.24) is 29.5 Å². The molecule has 4 heterocycles. The summed E-state index contributed by atoms with van der Waals surface area (Å²) < 4.78 is 12.2. The molecular weight excluding hydrogens is 450 g/mol. The number of nitrogens with two attached hydrogens (primary N) is 1. The van der Waals surface area contributed by atoms with E-state index >= 15 is 0 Å². The van der Waals surface area contributed by atoms with Gasteiger partial charge in [-0.1, -0.05) is 0 Å². The van der Waals surface area contributed by atoms with Crippen LogP contribution in [0.3, 0.4) is 0 Å². The minimum absolute atomic E-state index is 0.0158. The number of aliphatic hydroxyl groups is 1. The number of likely N-dealkylation sites (N-methyl/N-ethyl adjacent to an activating group) is 1. The monoisotopic (exact) mass is 479 g/mol. The van der Waals surface area contributed by atoms with Gasteiger partial charge in [0, 0.05) is 58.1 Å². The van der Waals surface area contributed by atoms with Crippen molar-refractivity contribution in [2.45, 2.75) is 0 Å². The first-order chi connectivity index (χ1) is 17.1. The Balaban J connectivity index is 1.15. The molecule has 1 fully saturated rings. The molecule has 0 saturated carbocycles. The highest BCUT2D eigenvalue weighted by molar-refractivity contribution is 5.58. The van der Waals surface area contributed by atoms with E-state index in [1.54, 1.807) is 6.20 Å². The third-order valence-electron chi connectivity index (χ3n) is 6.04. The van der Waals surface area contributed by atoms with Gasteiger partial charge in [-0.3, -0.25) is 4.90 Å². The van der Waals surface area contributed by atoms with Crippen molar-refractivity contribution in [3.8, 4) is 17.5 Å². The highest BCUT2D eigenvalue weighted by Crippen LogP contribution is 2.22. The summed E-state index contributed by atoms with van der Waals surface area (Å²) in [6.07, 6.45) is 3.03. The molecule has 184 valence electrons. The molecule has 0 spiro atoms. The van der Waals surface area contributed by atoms with Crippen LogP contribution < -0.4 is 20.3 Å². The highest BCUT2D eigenvalue weighted by Gasteiger charge is 2.19. The number of aliphatic hydroxyl groups excluding tert-OH is 1. The first-order valence-corrected chi connectivity index (χ1v) is 11.6. The summed E-state index contributed by atoms with van der Waals surface area (Å²) in [4.78, 5) is 20.0. The molecule has 0 radical (unpaired) electrons. The van der Waals surface area contributed by atoms with E-state index < -0.39 is 0 Å². The molecule has 12 heteroatoms. The number of nitrogens with zero attached hydrogens (tertiary/aromatic N) is 8. The van der Waals surface area contributed by atoms with Gasteiger partial charge in [-0.05, 0) is 24.3 Å². The van der Waals surface area contributed by atoms with Crippen molar-refractivity contribution in [1.29, 1.82) is 0 Å². The van der Waals surface area contributed by atoms with Gasteiger partial charge in [0.2, 0.25) is 11.8 Å². The minimum atomic E-state index is 0.0158. The molecule has 5 rings (SSSR count). The van der Waals surface area contributed by atoms with Crippen LogP contribution in [0.25, 0.3) is 17.4 Å². The summed E-state index contributed by atoms with van der Waals surface area (Å²) >= 11 is 0. The van der Waals surface area contributed by atoms with Crippen LogP contribution in [0.15, 0.2) is 47.2 Å². The number of benzene rings is 1. The molecule has 35 heavy (non-hydrogen) atoms. The summed E-state index contributed by atoms with van der Waals surface area (Å²) in [6.45, 7) is 5.93. The molecule has 0 atom stereocenters. The smallest absolute Gasteiger partial charge is 0.266 e. The number of rotatable bonds is 9. The molecule has 1 aliphatic heterocycles. The number of hydrogen-bond acceptors (Lipinski definition) is 11. The topological polar surface area (TPSA) is 134 Å². The van der Waals surface area contributed by atoms with Crippen LogP contribution in [0.1, 0.15) is 0 Å². The molecule has 12 nitrogen and oxygen atoms in total. The van der Waals surface area contributed by atoms with Crippen molar-refractivity contribution < 1.29 is 14.3 Å². The molecule has 3 aromatic heterocycles. The van der Waals surface area contributed by atoms with E-state index in [0.717, 1.165) is 50.8 Å². The van der Waals surface area contributed by atoms with Gasteiger partial charge in [0.15, 0.2) is 5.65 Å². The second-order valence-corrected chi connectivity index (χ2v) is 8.33. The Morgan fingerprint density at radius 1 is 1.14 bits per heavy atom. The summed E-state index contributed by atoms with van der Waals surface area (Å²) in [5.41, 5.74) is 7.92. The van der Waals surface area contributed by atoms with E-state index in [-0.39, 0.29) is 12.6 Å². The Hall–Kier alpha value is -3.90. The van der Waals surface area contributed by atoms with Crippen LogP contribution >= 0.6 is 0 Å². The summed E-state index contributed by atoms with van der Waals surface area (Å²) in [7, 11) is 2.00. The van der Waals surface area contributed by atoms with Gasteiger partial charge in [0.25, 0.3) is 5.89 Å². The van der Waals surface area contributed by atoms with Gasteiger partial charge >= 0.3 is 0 Å². The molecular formula is C23H29N9O3. The zero-order chi connectivity index (χ0) is 24.2. The molecule has 3 N–H and O–H groups in total. The first-order valence-electron chi connectivity index (χ1n) is 11.6. The number of oxazole rings is 1. The van der Waals surface area contributed by atoms with Gasteiger partial charge in [0.1, 0.15) is 24.4 Å². The maximum absolute atomic E-state index is 8.88. The fourth-order valence-electron chi connectivity index (χ4n) is 4.07. The van der Waals surface area contributed by atoms with E-state index in [1.165, 1.54) is 16.5 Å². The Bertz CT molecular complexity index is 1240. The normalized spacial score (nSPS) is 14.5. The van der Waals surface area contributed by atoms with Crippen LogP contribution in [0.5, 0.6) is 5.75 Å². The number of ether oxygens (including phenoxy) is 1. The SMILES string of the molecule is CN(CCN1CCN(c2ccc(OCCO)cc2)CC1)c1cc2nc(-c3ncco3)nn2c(N)n1. The van der Waals surface area contributed by atoms with E-state index in [0.29, 0.717) is 24.0 Å². The van der Waals surface area contributed by atoms with E-state index in [9.17, 15) is 0 Å². The lowest BCUT2D eigenvalue weighted by Crippen LogP contribution is -2.48. The fraction of sp³-hybridized carbons (Fsp3) is 0.391. The fourth-order valence-corrected chi connectivity index (χ4v) is 4.07. The minimum Gasteiger partial charge on any atom is -0.491 e. The lowest BCUT2D eigenvalue weighted by Gasteiger charge is -2.36. The van der Waals surface area contributed by atoms with Gasteiger partial charge in [-0.2, -0.15) is 9.50 Å². The lowest BCUT2D eigenvalue weighted by atomic mass is 10.2. The number of aromatic nitrogens is 5. The van der Waals surface area contributed by atoms with E-state index in [2.05, 4.69) is 46.9 Å². The zero-order valence-corrected chi connectivity index (χ0v) is 19.6. The average Bonchev–Trinajstić information content (AvgIpc) is 3.57. The number of hydrogen-bond donors (Lipinski definition) is 2. The Morgan fingerprint density at radius 3 is 2.66 bits per heavy atom. The average molecular weight is 480 g/mol. The quantitative estimate of drug-likeness (QED) is 0.356. The zero-order valence-electron chi connectivity index (χ0n) is 19.6. The summed E-state index contributed by atoms with van der Waals surface area (Å²) in [6, 6.07) is 9.90. The standard InChI is InChI=1S/C23H29N9O3/c1-29(19-16-20-26-21(22-25-6-14-35-22)28-32(20)23(24)27-19)7-8-30-9-11-31(12-10-30)17-2-4-18(5-3-17)34-15-13-33/h2-6,14,16,33H,7-13,15H2,1H3,(H2,24,27). The molecule has 0 aliphatic carbocycles. The highest BCUT2D eigenvalue weighted by atomic mass is 16.5. The van der Waals surface area contributed by atoms with Crippen molar-refractivity contribution >= 4 is 23.1 Å². The molecule has 1 aromatic carbocycles. The molecule has 1 aliphatic rings. The van der Waals surface area contributed by atoms with Crippen LogP contribution in [0, 0.1) is 0 Å². The van der Waals surface area contributed by atoms with Crippen LogP contribution in [-0.4, -0.2) is 94.1 Å². The van der Waals surface area contributed by atoms with Gasteiger partial charge in [0.05, 0.1) is 12.8 Å². The van der Waals surface area contributed by atoms with Crippen LogP contribution in [0.2, 0.25) is 0 Å². The first kappa shape index (κ1) is 22.9. The molecule has 1 saturated heterocycles. The Morgan fingerprint density at radius 2 is 1.94 bits per heavy atom. The Labute approximate surface area is 202 Å². The third-order valence-corrected chi connectivity index (χ3v) is 6.04. The number of piperazine rings is 1. The van der Waals surface area contributed by atoms with Gasteiger partial charge in [-0.25, -0.2) is 9.97 Å². The van der Waals surface area contributed by atoms with E-state index in [4.69, 9.17) is 20.0 Å².